The van der Waals surface area contributed by atoms with E-state index in [2.05, 4.69) is 10.0 Å². The number of carbonyl (C=O) groups is 1. The molecule has 3 rings (SSSR count). The lowest BCUT2D eigenvalue weighted by Crippen LogP contribution is -2.34. The molecule has 0 radical (unpaired) electrons. The first-order valence-corrected chi connectivity index (χ1v) is 12.7. The monoisotopic (exact) mass is 484 g/mol. The molecule has 0 saturated heterocycles. The average molecular weight is 485 g/mol. The molecular weight excluding hydrogens is 455 g/mol. The highest BCUT2D eigenvalue weighted by atomic mass is 35.5. The minimum atomic E-state index is -3.22. The smallest absolute Gasteiger partial charge is 0.208 e. The quantitative estimate of drug-likeness (QED) is 0.373. The normalized spacial score (nSPS) is 15.4. The topological polar surface area (TPSA) is 75.3 Å². The maximum atomic E-state index is 12.5. The van der Waals surface area contributed by atoms with E-state index in [-0.39, 0.29) is 24.2 Å². The van der Waals surface area contributed by atoms with Crippen molar-refractivity contribution in [2.45, 2.75) is 44.6 Å². The Morgan fingerprint density at radius 3 is 2.55 bits per heavy atom. The highest BCUT2D eigenvalue weighted by molar-refractivity contribution is 7.88. The molecule has 0 amide bonds. The highest BCUT2D eigenvalue weighted by Crippen LogP contribution is 2.24. The first kappa shape index (κ1) is 25.8. The van der Waals surface area contributed by atoms with Gasteiger partial charge in [-0.2, -0.15) is 0 Å². The Morgan fingerprint density at radius 2 is 1.81 bits per heavy atom. The van der Waals surface area contributed by atoms with Gasteiger partial charge in [0, 0.05) is 23.0 Å². The Kier molecular flexibility index (Phi) is 9.97. The highest BCUT2D eigenvalue weighted by Gasteiger charge is 2.24. The molecule has 0 saturated carbocycles. The number of ketones is 1. The lowest BCUT2D eigenvalue weighted by molar-refractivity contribution is 0.0979. The predicted octanol–water partition coefficient (Wildman–Crippen LogP) is 3.96. The van der Waals surface area contributed by atoms with Crippen LogP contribution in [0.25, 0.3) is 0 Å². The van der Waals surface area contributed by atoms with Gasteiger partial charge in [0.15, 0.2) is 5.78 Å². The molecule has 2 aromatic rings. The van der Waals surface area contributed by atoms with Gasteiger partial charge < -0.3 is 5.32 Å². The molecule has 2 aromatic carbocycles. The molecule has 0 aliphatic heterocycles. The number of sulfonamides is 1. The van der Waals surface area contributed by atoms with Crippen LogP contribution in [0.5, 0.6) is 0 Å². The number of carbonyl (C=O) groups excluding carboxylic acids is 1. The van der Waals surface area contributed by atoms with Crippen LogP contribution in [-0.4, -0.2) is 39.6 Å². The Hall–Kier alpha value is -1.44. The Balaban J connectivity index is 0.00000341. The molecular formula is C23H30Cl2N2O3S. The SMILES string of the molecule is CS(=O)(=O)NC1Cc2ccc(C(=O)CCCCNCCc3ccccc3Cl)cc2C1.Cl. The van der Waals surface area contributed by atoms with E-state index in [1.165, 1.54) is 6.26 Å². The van der Waals surface area contributed by atoms with E-state index in [1.807, 2.05) is 42.5 Å². The molecule has 5 nitrogen and oxygen atoms in total. The first-order valence-electron chi connectivity index (χ1n) is 10.4. The standard InChI is InChI=1S/C23H29ClN2O3S.ClH/c1-30(28,29)26-21-15-18-9-10-19(14-20(18)16-21)23(27)8-4-5-12-25-13-11-17-6-2-3-7-22(17)24;/h2-3,6-7,9-10,14,21,25-26H,4-5,8,11-13,15-16H2,1H3;1H. The number of Topliss-reactive ketones (excluding diaryl/α,β-unsaturated/α-hetero) is 1. The second kappa shape index (κ2) is 12.0. The molecule has 1 aliphatic carbocycles. The summed E-state index contributed by atoms with van der Waals surface area (Å²) in [5, 5.41) is 4.21. The van der Waals surface area contributed by atoms with Crippen LogP contribution in [0.4, 0.5) is 0 Å². The van der Waals surface area contributed by atoms with E-state index in [0.29, 0.717) is 19.3 Å². The number of nitrogens with one attached hydrogen (secondary N) is 2. The fourth-order valence-corrected chi connectivity index (χ4v) is 4.91. The van der Waals surface area contributed by atoms with Crippen LogP contribution < -0.4 is 10.0 Å². The summed E-state index contributed by atoms with van der Waals surface area (Å²) in [6, 6.07) is 13.5. The molecule has 170 valence electrons. The van der Waals surface area contributed by atoms with Crippen molar-refractivity contribution in [1.82, 2.24) is 10.0 Å². The molecule has 8 heteroatoms. The molecule has 0 aromatic heterocycles. The average Bonchev–Trinajstić information content (AvgIpc) is 3.07. The zero-order valence-electron chi connectivity index (χ0n) is 17.7. The molecule has 0 spiro atoms. The lowest BCUT2D eigenvalue weighted by Gasteiger charge is -2.08. The van der Waals surface area contributed by atoms with E-state index in [0.717, 1.165) is 59.6 Å². The second-order valence-corrected chi connectivity index (χ2v) is 10.1. The summed E-state index contributed by atoms with van der Waals surface area (Å²) in [7, 11) is -3.22. The molecule has 0 bridgehead atoms. The van der Waals surface area contributed by atoms with E-state index in [1.54, 1.807) is 0 Å². The molecule has 0 fully saturated rings. The maximum Gasteiger partial charge on any atom is 0.208 e. The number of rotatable bonds is 11. The second-order valence-electron chi connectivity index (χ2n) is 7.95. The molecule has 1 unspecified atom stereocenters. The van der Waals surface area contributed by atoms with Gasteiger partial charge in [-0.25, -0.2) is 13.1 Å². The van der Waals surface area contributed by atoms with Crippen LogP contribution in [-0.2, 0) is 29.3 Å². The fourth-order valence-electron chi connectivity index (χ4n) is 3.91. The van der Waals surface area contributed by atoms with Gasteiger partial charge in [-0.3, -0.25) is 4.79 Å². The van der Waals surface area contributed by atoms with Crippen molar-refractivity contribution in [1.29, 1.82) is 0 Å². The van der Waals surface area contributed by atoms with Crippen LogP contribution in [0.3, 0.4) is 0 Å². The molecule has 1 atom stereocenters. The van der Waals surface area contributed by atoms with Crippen molar-refractivity contribution in [3.8, 4) is 0 Å². The number of benzene rings is 2. The third kappa shape index (κ3) is 8.20. The van der Waals surface area contributed by atoms with Gasteiger partial charge in [0.25, 0.3) is 0 Å². The summed E-state index contributed by atoms with van der Waals surface area (Å²) in [4.78, 5) is 12.5. The summed E-state index contributed by atoms with van der Waals surface area (Å²) >= 11 is 6.16. The summed E-state index contributed by atoms with van der Waals surface area (Å²) in [6.45, 7) is 1.74. The van der Waals surface area contributed by atoms with Crippen LogP contribution in [0.1, 0.15) is 46.3 Å². The van der Waals surface area contributed by atoms with Crippen molar-refractivity contribution in [2.24, 2.45) is 0 Å². The number of hydrogen-bond acceptors (Lipinski definition) is 4. The summed E-state index contributed by atoms with van der Waals surface area (Å²) in [5.41, 5.74) is 4.06. The fraction of sp³-hybridized carbons (Fsp3) is 0.435. The van der Waals surface area contributed by atoms with Gasteiger partial charge in [0.2, 0.25) is 10.0 Å². The van der Waals surface area contributed by atoms with Crippen molar-refractivity contribution in [3.05, 3.63) is 69.7 Å². The van der Waals surface area contributed by atoms with E-state index in [9.17, 15) is 13.2 Å². The van der Waals surface area contributed by atoms with Crippen molar-refractivity contribution in [2.75, 3.05) is 19.3 Å². The first-order chi connectivity index (χ1) is 14.3. The van der Waals surface area contributed by atoms with Crippen molar-refractivity contribution >= 4 is 39.8 Å². The van der Waals surface area contributed by atoms with E-state index in [4.69, 9.17) is 11.6 Å². The third-order valence-corrected chi connectivity index (χ3v) is 6.51. The lowest BCUT2D eigenvalue weighted by atomic mass is 10.0. The number of hydrogen-bond donors (Lipinski definition) is 2. The molecule has 2 N–H and O–H groups in total. The van der Waals surface area contributed by atoms with Gasteiger partial charge in [0.1, 0.15) is 0 Å². The molecule has 0 heterocycles. The summed E-state index contributed by atoms with van der Waals surface area (Å²) in [6.07, 6.45) is 5.69. The van der Waals surface area contributed by atoms with Gasteiger partial charge in [-0.15, -0.1) is 12.4 Å². The number of fused-ring (bicyclic) bond motifs is 1. The zero-order valence-corrected chi connectivity index (χ0v) is 20.1. The maximum absolute atomic E-state index is 12.5. The number of unbranched alkanes of at least 4 members (excludes halogenated alkanes) is 1. The van der Waals surface area contributed by atoms with E-state index >= 15 is 0 Å². The van der Waals surface area contributed by atoms with Gasteiger partial charge in [-0.1, -0.05) is 41.9 Å². The Labute approximate surface area is 196 Å². The Morgan fingerprint density at radius 1 is 1.06 bits per heavy atom. The third-order valence-electron chi connectivity index (χ3n) is 5.38. The summed E-state index contributed by atoms with van der Waals surface area (Å²) in [5.74, 6) is 0.147. The zero-order chi connectivity index (χ0) is 21.6. The van der Waals surface area contributed by atoms with Crippen LogP contribution in [0, 0.1) is 0 Å². The predicted molar refractivity (Wildman–Crippen MR) is 129 cm³/mol. The van der Waals surface area contributed by atoms with E-state index < -0.39 is 10.0 Å². The van der Waals surface area contributed by atoms with Crippen LogP contribution in [0.2, 0.25) is 5.02 Å². The summed E-state index contributed by atoms with van der Waals surface area (Å²) < 4.78 is 25.5. The van der Waals surface area contributed by atoms with Crippen LogP contribution >= 0.6 is 24.0 Å². The molecule has 31 heavy (non-hydrogen) atoms. The number of halogens is 2. The van der Waals surface area contributed by atoms with Gasteiger partial charge in [-0.05, 0) is 74.0 Å². The minimum Gasteiger partial charge on any atom is -0.316 e. The Bertz CT molecular complexity index is 996. The van der Waals surface area contributed by atoms with Gasteiger partial charge >= 0.3 is 0 Å². The minimum absolute atomic E-state index is 0. The van der Waals surface area contributed by atoms with Crippen molar-refractivity contribution in [3.63, 3.8) is 0 Å². The largest absolute Gasteiger partial charge is 0.316 e. The van der Waals surface area contributed by atoms with Crippen molar-refractivity contribution < 1.29 is 13.2 Å². The van der Waals surface area contributed by atoms with Crippen LogP contribution in [0.15, 0.2) is 42.5 Å². The molecule has 1 aliphatic rings. The van der Waals surface area contributed by atoms with Gasteiger partial charge in [0.05, 0.1) is 6.26 Å².